The molecule has 2 aromatic carbocycles. The molecule has 0 aromatic heterocycles. The highest BCUT2D eigenvalue weighted by atomic mass is 16.6. The van der Waals surface area contributed by atoms with Gasteiger partial charge in [-0.1, -0.05) is 18.2 Å². The van der Waals surface area contributed by atoms with Gasteiger partial charge in [0.2, 0.25) is 0 Å². The van der Waals surface area contributed by atoms with Crippen molar-refractivity contribution < 1.29 is 9.72 Å². The van der Waals surface area contributed by atoms with Crippen molar-refractivity contribution in [3.05, 3.63) is 69.3 Å². The van der Waals surface area contributed by atoms with Crippen molar-refractivity contribution in [2.45, 2.75) is 6.92 Å². The Kier molecular flexibility index (Phi) is 3.95. The number of nitro groups is 1. The quantitative estimate of drug-likeness (QED) is 0.690. The number of rotatable bonds is 3. The number of nitrogens with zero attached hydrogens (tertiary/aromatic N) is 2. The number of nitriles is 1. The molecule has 6 heteroatoms. The van der Waals surface area contributed by atoms with Crippen molar-refractivity contribution in [3.63, 3.8) is 0 Å². The van der Waals surface area contributed by atoms with Gasteiger partial charge >= 0.3 is 0 Å². The maximum atomic E-state index is 12.2. The monoisotopic (exact) mass is 281 g/mol. The number of hydrogen-bond donors (Lipinski definition) is 1. The van der Waals surface area contributed by atoms with E-state index in [4.69, 9.17) is 5.26 Å². The minimum Gasteiger partial charge on any atom is -0.321 e. The first kappa shape index (κ1) is 14.2. The second-order valence-corrected chi connectivity index (χ2v) is 4.37. The van der Waals surface area contributed by atoms with E-state index < -0.39 is 10.8 Å². The van der Waals surface area contributed by atoms with E-state index in [1.165, 1.54) is 24.3 Å². The molecule has 0 atom stereocenters. The standard InChI is InChI=1S/C15H11N3O3/c1-10-6-7-11(9-16)8-13(10)17-15(19)12-4-2-3-5-14(12)18(20)21/h2-8H,1H3,(H,17,19). The number of carbonyl (C=O) groups is 1. The Morgan fingerprint density at radius 3 is 2.67 bits per heavy atom. The fourth-order valence-electron chi connectivity index (χ4n) is 1.84. The van der Waals surface area contributed by atoms with E-state index in [1.54, 1.807) is 25.1 Å². The maximum absolute atomic E-state index is 12.2. The third kappa shape index (κ3) is 3.04. The molecule has 0 saturated heterocycles. The highest BCUT2D eigenvalue weighted by Gasteiger charge is 2.19. The van der Waals surface area contributed by atoms with E-state index in [2.05, 4.69) is 5.32 Å². The minimum atomic E-state index is -0.604. The lowest BCUT2D eigenvalue weighted by Gasteiger charge is -2.09. The van der Waals surface area contributed by atoms with Crippen LogP contribution in [-0.4, -0.2) is 10.8 Å². The van der Waals surface area contributed by atoms with Crippen molar-refractivity contribution in [1.29, 1.82) is 5.26 Å². The molecule has 104 valence electrons. The van der Waals surface area contributed by atoms with E-state index in [-0.39, 0.29) is 11.3 Å². The Morgan fingerprint density at radius 1 is 1.29 bits per heavy atom. The highest BCUT2D eigenvalue weighted by Crippen LogP contribution is 2.21. The van der Waals surface area contributed by atoms with E-state index in [0.29, 0.717) is 11.3 Å². The molecule has 6 nitrogen and oxygen atoms in total. The van der Waals surface area contributed by atoms with Crippen LogP contribution in [0.2, 0.25) is 0 Å². The van der Waals surface area contributed by atoms with Gasteiger partial charge in [-0.05, 0) is 30.7 Å². The number of carbonyl (C=O) groups excluding carboxylic acids is 1. The second-order valence-electron chi connectivity index (χ2n) is 4.37. The molecule has 2 rings (SSSR count). The van der Waals surface area contributed by atoms with Crippen molar-refractivity contribution in [2.75, 3.05) is 5.32 Å². The molecule has 0 bridgehead atoms. The third-order valence-corrected chi connectivity index (χ3v) is 2.96. The van der Waals surface area contributed by atoms with Crippen LogP contribution in [0.25, 0.3) is 0 Å². The predicted octanol–water partition coefficient (Wildman–Crippen LogP) is 3.03. The molecule has 0 unspecified atom stereocenters. The van der Waals surface area contributed by atoms with Crippen LogP contribution in [0.1, 0.15) is 21.5 Å². The van der Waals surface area contributed by atoms with Crippen molar-refractivity contribution in [2.24, 2.45) is 0 Å². The number of amides is 1. The average Bonchev–Trinajstić information content (AvgIpc) is 2.49. The van der Waals surface area contributed by atoms with Crippen LogP contribution in [-0.2, 0) is 0 Å². The molecule has 0 aliphatic carbocycles. The minimum absolute atomic E-state index is 0.0238. The van der Waals surface area contributed by atoms with Gasteiger partial charge in [-0.25, -0.2) is 0 Å². The Hall–Kier alpha value is -3.20. The van der Waals surface area contributed by atoms with Crippen LogP contribution in [0.15, 0.2) is 42.5 Å². The summed E-state index contributed by atoms with van der Waals surface area (Å²) in [4.78, 5) is 22.5. The first-order valence-electron chi connectivity index (χ1n) is 6.08. The summed E-state index contributed by atoms with van der Waals surface area (Å²) < 4.78 is 0. The lowest BCUT2D eigenvalue weighted by Crippen LogP contribution is -2.14. The lowest BCUT2D eigenvalue weighted by atomic mass is 10.1. The van der Waals surface area contributed by atoms with Gasteiger partial charge in [0.1, 0.15) is 5.56 Å². The topological polar surface area (TPSA) is 96.0 Å². The van der Waals surface area contributed by atoms with E-state index in [9.17, 15) is 14.9 Å². The van der Waals surface area contributed by atoms with E-state index >= 15 is 0 Å². The van der Waals surface area contributed by atoms with Crippen LogP contribution in [0, 0.1) is 28.4 Å². The third-order valence-electron chi connectivity index (χ3n) is 2.96. The molecule has 21 heavy (non-hydrogen) atoms. The zero-order valence-corrected chi connectivity index (χ0v) is 11.2. The molecular weight excluding hydrogens is 270 g/mol. The molecule has 1 amide bonds. The second kappa shape index (κ2) is 5.84. The van der Waals surface area contributed by atoms with Crippen molar-refractivity contribution in [3.8, 4) is 6.07 Å². The molecule has 0 radical (unpaired) electrons. The summed E-state index contributed by atoms with van der Waals surface area (Å²) in [5, 5.41) is 22.4. The Labute approximate surface area is 120 Å². The number of hydrogen-bond acceptors (Lipinski definition) is 4. The van der Waals surface area contributed by atoms with Crippen molar-refractivity contribution >= 4 is 17.3 Å². The van der Waals surface area contributed by atoms with Crippen LogP contribution < -0.4 is 5.32 Å². The van der Waals surface area contributed by atoms with Gasteiger partial charge in [0.25, 0.3) is 11.6 Å². The van der Waals surface area contributed by atoms with Gasteiger partial charge in [-0.2, -0.15) is 5.26 Å². The number of anilines is 1. The Bertz CT molecular complexity index is 763. The SMILES string of the molecule is Cc1ccc(C#N)cc1NC(=O)c1ccccc1[N+](=O)[O-]. The summed E-state index contributed by atoms with van der Waals surface area (Å²) in [7, 11) is 0. The van der Waals surface area contributed by atoms with Crippen LogP contribution in [0.4, 0.5) is 11.4 Å². The smallest absolute Gasteiger partial charge is 0.282 e. The van der Waals surface area contributed by atoms with Gasteiger partial charge in [-0.15, -0.1) is 0 Å². The molecular formula is C15H11N3O3. The zero-order chi connectivity index (χ0) is 15.4. The van der Waals surface area contributed by atoms with Crippen LogP contribution >= 0.6 is 0 Å². The number of nitro benzene ring substituents is 1. The molecule has 1 N–H and O–H groups in total. The lowest BCUT2D eigenvalue weighted by molar-refractivity contribution is -0.385. The van der Waals surface area contributed by atoms with E-state index in [0.717, 1.165) is 5.56 Å². The van der Waals surface area contributed by atoms with Crippen LogP contribution in [0.3, 0.4) is 0 Å². The van der Waals surface area contributed by atoms with Gasteiger partial charge in [0.15, 0.2) is 0 Å². The molecule has 0 aliphatic heterocycles. The summed E-state index contributed by atoms with van der Waals surface area (Å²) in [5.74, 6) is -0.583. The van der Waals surface area contributed by atoms with Gasteiger partial charge in [-0.3, -0.25) is 14.9 Å². The summed E-state index contributed by atoms with van der Waals surface area (Å²) in [5.41, 5.74) is 1.34. The number of benzene rings is 2. The predicted molar refractivity (Wildman–Crippen MR) is 76.9 cm³/mol. The summed E-state index contributed by atoms with van der Waals surface area (Å²) in [6.45, 7) is 1.77. The summed E-state index contributed by atoms with van der Waals surface area (Å²) >= 11 is 0. The summed E-state index contributed by atoms with van der Waals surface area (Å²) in [6, 6.07) is 12.6. The number of nitrogens with one attached hydrogen (secondary N) is 1. The van der Waals surface area contributed by atoms with E-state index in [1.807, 2.05) is 6.07 Å². The largest absolute Gasteiger partial charge is 0.321 e. The van der Waals surface area contributed by atoms with Gasteiger partial charge in [0, 0.05) is 11.8 Å². The first-order valence-corrected chi connectivity index (χ1v) is 6.08. The molecule has 0 fully saturated rings. The average molecular weight is 281 g/mol. The first-order chi connectivity index (χ1) is 10.0. The highest BCUT2D eigenvalue weighted by molar-refractivity contribution is 6.07. The Morgan fingerprint density at radius 2 is 2.00 bits per heavy atom. The zero-order valence-electron chi connectivity index (χ0n) is 11.2. The molecule has 2 aromatic rings. The fourth-order valence-corrected chi connectivity index (χ4v) is 1.84. The maximum Gasteiger partial charge on any atom is 0.282 e. The van der Waals surface area contributed by atoms with Gasteiger partial charge in [0.05, 0.1) is 16.6 Å². The molecule has 0 heterocycles. The molecule has 0 saturated carbocycles. The number of aryl methyl sites for hydroxylation is 1. The Balaban J connectivity index is 2.35. The van der Waals surface area contributed by atoms with Crippen LogP contribution in [0.5, 0.6) is 0 Å². The summed E-state index contributed by atoms with van der Waals surface area (Å²) in [6.07, 6.45) is 0. The van der Waals surface area contributed by atoms with Gasteiger partial charge < -0.3 is 5.32 Å². The normalized spacial score (nSPS) is 9.71. The molecule has 0 spiro atoms. The number of para-hydroxylation sites is 1. The van der Waals surface area contributed by atoms with Crippen molar-refractivity contribution in [1.82, 2.24) is 0 Å². The fraction of sp³-hybridized carbons (Fsp3) is 0.0667. The molecule has 0 aliphatic rings.